The van der Waals surface area contributed by atoms with Gasteiger partial charge in [0.25, 0.3) is 0 Å². The van der Waals surface area contributed by atoms with Crippen molar-refractivity contribution in [3.63, 3.8) is 0 Å². The Morgan fingerprint density at radius 2 is 1.67 bits per heavy atom. The van der Waals surface area contributed by atoms with Crippen molar-refractivity contribution in [1.29, 1.82) is 0 Å². The number of amides is 1. The molecule has 1 amide bonds. The number of carbonyl (C=O) groups excluding carboxylic acids is 2. The minimum atomic E-state index is -1.02. The van der Waals surface area contributed by atoms with Gasteiger partial charge in [0.2, 0.25) is 5.91 Å². The van der Waals surface area contributed by atoms with E-state index >= 15 is 0 Å². The average molecular weight is 334 g/mol. The summed E-state index contributed by atoms with van der Waals surface area (Å²) in [4.78, 5) is 23.1. The van der Waals surface area contributed by atoms with Crippen LogP contribution in [0.4, 0.5) is 20.2 Å². The molecule has 0 bridgehead atoms. The lowest BCUT2D eigenvalue weighted by atomic mass is 10.2. The lowest BCUT2D eigenvalue weighted by Crippen LogP contribution is -2.16. The van der Waals surface area contributed by atoms with Gasteiger partial charge >= 0.3 is 5.97 Å². The van der Waals surface area contributed by atoms with Gasteiger partial charge < -0.3 is 15.4 Å². The summed E-state index contributed by atoms with van der Waals surface area (Å²) in [6.07, 6.45) is 0.137. The normalized spacial score (nSPS) is 10.1. The van der Waals surface area contributed by atoms with Gasteiger partial charge in [0.05, 0.1) is 12.7 Å². The molecule has 2 aromatic rings. The van der Waals surface area contributed by atoms with Gasteiger partial charge in [-0.05, 0) is 36.4 Å². The number of nitrogens with one attached hydrogen (secondary N) is 2. The van der Waals surface area contributed by atoms with Crippen molar-refractivity contribution in [2.24, 2.45) is 0 Å². The van der Waals surface area contributed by atoms with E-state index in [0.717, 1.165) is 17.8 Å². The molecule has 0 unspecified atom stereocenters. The molecule has 0 spiro atoms. The van der Waals surface area contributed by atoms with Crippen molar-refractivity contribution >= 4 is 23.3 Å². The molecule has 0 saturated carbocycles. The quantitative estimate of drug-likeness (QED) is 0.796. The molecule has 24 heavy (non-hydrogen) atoms. The fraction of sp³-hybridized carbons (Fsp3) is 0.176. The number of methoxy groups -OCH3 is 1. The van der Waals surface area contributed by atoms with E-state index in [9.17, 15) is 18.4 Å². The summed E-state index contributed by atoms with van der Waals surface area (Å²) in [5, 5.41) is 5.50. The first-order chi connectivity index (χ1) is 11.5. The Balaban J connectivity index is 1.79. The highest BCUT2D eigenvalue weighted by Gasteiger charge is 2.07. The van der Waals surface area contributed by atoms with Gasteiger partial charge in [-0.15, -0.1) is 0 Å². The smallest absolute Gasteiger partial charge is 0.337 e. The Bertz CT molecular complexity index is 733. The second-order valence-electron chi connectivity index (χ2n) is 4.92. The van der Waals surface area contributed by atoms with E-state index in [1.54, 1.807) is 24.3 Å². The molecule has 0 aliphatic heterocycles. The van der Waals surface area contributed by atoms with Crippen molar-refractivity contribution in [2.45, 2.75) is 6.42 Å². The van der Waals surface area contributed by atoms with E-state index < -0.39 is 17.6 Å². The molecule has 2 rings (SSSR count). The number of carbonyl (C=O) groups is 2. The van der Waals surface area contributed by atoms with E-state index in [-0.39, 0.29) is 18.0 Å². The second kappa shape index (κ2) is 8.05. The summed E-state index contributed by atoms with van der Waals surface area (Å²) in [5.74, 6) is -2.74. The fourth-order valence-corrected chi connectivity index (χ4v) is 1.96. The maximum atomic E-state index is 13.0. The van der Waals surface area contributed by atoms with Crippen LogP contribution < -0.4 is 10.6 Å². The Morgan fingerprint density at radius 1 is 1.00 bits per heavy atom. The van der Waals surface area contributed by atoms with Crippen LogP contribution in [0.5, 0.6) is 0 Å². The minimum absolute atomic E-state index is 0.137. The molecule has 0 aliphatic carbocycles. The van der Waals surface area contributed by atoms with Crippen LogP contribution in [0.15, 0.2) is 42.5 Å². The van der Waals surface area contributed by atoms with Crippen LogP contribution in [-0.2, 0) is 9.53 Å². The molecule has 0 saturated heterocycles. The molecule has 0 atom stereocenters. The number of hydrogen-bond donors (Lipinski definition) is 2. The van der Waals surface area contributed by atoms with Crippen molar-refractivity contribution in [2.75, 3.05) is 24.3 Å². The van der Waals surface area contributed by atoms with Crippen molar-refractivity contribution in [3.05, 3.63) is 59.7 Å². The van der Waals surface area contributed by atoms with Crippen molar-refractivity contribution in [3.8, 4) is 0 Å². The van der Waals surface area contributed by atoms with Gasteiger partial charge in [0, 0.05) is 30.4 Å². The monoisotopic (exact) mass is 334 g/mol. The van der Waals surface area contributed by atoms with Crippen molar-refractivity contribution < 1.29 is 23.1 Å². The standard InChI is InChI=1S/C17H16F2N2O3/c1-24-17(23)11-2-4-12(5-3-11)20-9-8-16(22)21-13-6-7-14(18)15(19)10-13/h2-7,10,20H,8-9H2,1H3,(H,21,22). The molecule has 0 aliphatic rings. The number of halogens is 2. The number of esters is 1. The van der Waals surface area contributed by atoms with E-state index in [1.165, 1.54) is 13.2 Å². The van der Waals surface area contributed by atoms with Crippen LogP contribution in [0.25, 0.3) is 0 Å². The zero-order valence-corrected chi connectivity index (χ0v) is 12.9. The lowest BCUT2D eigenvalue weighted by molar-refractivity contribution is -0.115. The van der Waals surface area contributed by atoms with Crippen LogP contribution >= 0.6 is 0 Å². The zero-order chi connectivity index (χ0) is 17.5. The summed E-state index contributed by atoms with van der Waals surface area (Å²) < 4.78 is 30.4. The van der Waals surface area contributed by atoms with Gasteiger partial charge in [-0.3, -0.25) is 4.79 Å². The third-order valence-electron chi connectivity index (χ3n) is 3.19. The van der Waals surface area contributed by atoms with Gasteiger partial charge in [-0.2, -0.15) is 0 Å². The van der Waals surface area contributed by atoms with E-state index in [4.69, 9.17) is 0 Å². The first kappa shape index (κ1) is 17.4. The molecular weight excluding hydrogens is 318 g/mol. The molecule has 0 fully saturated rings. The second-order valence-corrected chi connectivity index (χ2v) is 4.92. The van der Waals surface area contributed by atoms with Crippen LogP contribution in [0.2, 0.25) is 0 Å². The lowest BCUT2D eigenvalue weighted by Gasteiger charge is -2.08. The number of benzene rings is 2. The number of hydrogen-bond acceptors (Lipinski definition) is 4. The SMILES string of the molecule is COC(=O)c1ccc(NCCC(=O)Nc2ccc(F)c(F)c2)cc1. The summed E-state index contributed by atoms with van der Waals surface area (Å²) in [6, 6.07) is 9.76. The third-order valence-corrected chi connectivity index (χ3v) is 3.19. The maximum Gasteiger partial charge on any atom is 0.337 e. The Hall–Kier alpha value is -2.96. The van der Waals surface area contributed by atoms with Gasteiger partial charge in [-0.25, -0.2) is 13.6 Å². The van der Waals surface area contributed by atoms with Crippen LogP contribution in [-0.4, -0.2) is 25.5 Å². The highest BCUT2D eigenvalue weighted by molar-refractivity contribution is 5.91. The topological polar surface area (TPSA) is 67.4 Å². The Morgan fingerprint density at radius 3 is 2.29 bits per heavy atom. The van der Waals surface area contributed by atoms with Gasteiger partial charge in [0.15, 0.2) is 11.6 Å². The fourth-order valence-electron chi connectivity index (χ4n) is 1.96. The molecule has 0 heterocycles. The Labute approximate surface area is 137 Å². The minimum Gasteiger partial charge on any atom is -0.465 e. The molecule has 126 valence electrons. The van der Waals surface area contributed by atoms with Crippen LogP contribution in [0, 0.1) is 11.6 Å². The number of ether oxygens (including phenoxy) is 1. The van der Waals surface area contributed by atoms with E-state index in [1.807, 2.05) is 0 Å². The summed E-state index contributed by atoms with van der Waals surface area (Å²) in [7, 11) is 1.31. The molecule has 7 heteroatoms. The van der Waals surface area contributed by atoms with Crippen LogP contribution in [0.1, 0.15) is 16.8 Å². The van der Waals surface area contributed by atoms with Crippen molar-refractivity contribution in [1.82, 2.24) is 0 Å². The van der Waals surface area contributed by atoms with E-state index in [2.05, 4.69) is 15.4 Å². The first-order valence-electron chi connectivity index (χ1n) is 7.17. The third kappa shape index (κ3) is 4.77. The van der Waals surface area contributed by atoms with Gasteiger partial charge in [0.1, 0.15) is 0 Å². The predicted octanol–water partition coefficient (Wildman–Crippen LogP) is 3.19. The summed E-state index contributed by atoms with van der Waals surface area (Å²) >= 11 is 0. The number of anilines is 2. The van der Waals surface area contributed by atoms with Crippen LogP contribution in [0.3, 0.4) is 0 Å². The maximum absolute atomic E-state index is 13.0. The predicted molar refractivity (Wildman–Crippen MR) is 85.9 cm³/mol. The highest BCUT2D eigenvalue weighted by atomic mass is 19.2. The molecule has 0 radical (unpaired) electrons. The highest BCUT2D eigenvalue weighted by Crippen LogP contribution is 2.14. The molecule has 5 nitrogen and oxygen atoms in total. The molecular formula is C17H16F2N2O3. The Kier molecular flexibility index (Phi) is 5.83. The van der Waals surface area contributed by atoms with E-state index in [0.29, 0.717) is 12.1 Å². The first-order valence-corrected chi connectivity index (χ1v) is 7.17. The average Bonchev–Trinajstić information content (AvgIpc) is 2.58. The van der Waals surface area contributed by atoms with Gasteiger partial charge in [-0.1, -0.05) is 0 Å². The zero-order valence-electron chi connectivity index (χ0n) is 12.9. The molecule has 2 aromatic carbocycles. The largest absolute Gasteiger partial charge is 0.465 e. The summed E-state index contributed by atoms with van der Waals surface area (Å²) in [5.41, 5.74) is 1.36. The summed E-state index contributed by atoms with van der Waals surface area (Å²) in [6.45, 7) is 0.340. The molecule has 0 aromatic heterocycles. The number of rotatable bonds is 6. The molecule has 2 N–H and O–H groups in total.